The normalized spacial score (nSPS) is 10.4. The minimum absolute atomic E-state index is 0.0798. The van der Waals surface area contributed by atoms with Crippen LogP contribution in [-0.2, 0) is 4.74 Å². The Labute approximate surface area is 103 Å². The lowest BCUT2D eigenvalue weighted by atomic mass is 10.2. The number of aromatic nitrogens is 1. The van der Waals surface area contributed by atoms with E-state index in [2.05, 4.69) is 4.98 Å². The third-order valence-electron chi connectivity index (χ3n) is 2.35. The molecule has 0 radical (unpaired) electrons. The molecule has 1 heterocycles. The molecular formula is C13H12FNO3. The van der Waals surface area contributed by atoms with Gasteiger partial charge in [-0.15, -0.1) is 0 Å². The highest BCUT2D eigenvalue weighted by atomic mass is 19.1. The van der Waals surface area contributed by atoms with Crippen molar-refractivity contribution in [1.29, 1.82) is 0 Å². The number of carbonyl (C=O) groups is 1. The lowest BCUT2D eigenvalue weighted by Gasteiger charge is -1.97. The molecule has 2 rings (SSSR count). The number of hydrogen-bond acceptors (Lipinski definition) is 4. The van der Waals surface area contributed by atoms with Gasteiger partial charge in [0.05, 0.1) is 12.3 Å². The van der Waals surface area contributed by atoms with Gasteiger partial charge in [-0.3, -0.25) is 0 Å². The Bertz CT molecular complexity index is 560. The summed E-state index contributed by atoms with van der Waals surface area (Å²) in [6.07, 6.45) is 0. The van der Waals surface area contributed by atoms with Gasteiger partial charge >= 0.3 is 5.97 Å². The van der Waals surface area contributed by atoms with Crippen LogP contribution in [0.4, 0.5) is 4.39 Å². The van der Waals surface area contributed by atoms with Gasteiger partial charge in [-0.05, 0) is 38.1 Å². The van der Waals surface area contributed by atoms with Gasteiger partial charge in [-0.1, -0.05) is 0 Å². The maximum absolute atomic E-state index is 12.8. The van der Waals surface area contributed by atoms with Crippen LogP contribution in [0, 0.1) is 12.7 Å². The van der Waals surface area contributed by atoms with Gasteiger partial charge in [0.25, 0.3) is 0 Å². The second-order valence-electron chi connectivity index (χ2n) is 3.66. The van der Waals surface area contributed by atoms with E-state index >= 15 is 0 Å². The van der Waals surface area contributed by atoms with Crippen molar-refractivity contribution in [2.75, 3.05) is 6.61 Å². The predicted molar refractivity (Wildman–Crippen MR) is 62.6 cm³/mol. The summed E-state index contributed by atoms with van der Waals surface area (Å²) in [5, 5.41) is 0. The highest BCUT2D eigenvalue weighted by Crippen LogP contribution is 2.22. The molecule has 0 unspecified atom stereocenters. The number of aryl methyl sites for hydroxylation is 1. The lowest BCUT2D eigenvalue weighted by molar-refractivity contribution is 0.0490. The molecule has 2 aromatic rings. The highest BCUT2D eigenvalue weighted by molar-refractivity contribution is 5.87. The van der Waals surface area contributed by atoms with E-state index in [1.807, 2.05) is 0 Å². The maximum atomic E-state index is 12.8. The van der Waals surface area contributed by atoms with Crippen molar-refractivity contribution in [2.45, 2.75) is 13.8 Å². The Morgan fingerprint density at radius 1 is 1.39 bits per heavy atom. The molecule has 0 saturated carbocycles. The van der Waals surface area contributed by atoms with Crippen LogP contribution in [0.2, 0.25) is 0 Å². The molecule has 4 nitrogen and oxygen atoms in total. The lowest BCUT2D eigenvalue weighted by Crippen LogP contribution is -2.04. The molecule has 94 valence electrons. The zero-order chi connectivity index (χ0) is 13.1. The molecule has 0 amide bonds. The molecule has 0 saturated heterocycles. The molecule has 0 atom stereocenters. The summed E-state index contributed by atoms with van der Waals surface area (Å²) in [7, 11) is 0. The third kappa shape index (κ3) is 2.40. The fraction of sp³-hybridized carbons (Fsp3) is 0.231. The number of rotatable bonds is 3. The number of benzene rings is 1. The number of carbonyl (C=O) groups excluding carboxylic acids is 1. The standard InChI is InChI=1S/C13H12FNO3/c1-3-17-13(16)11-8(2)15-12(18-11)9-4-6-10(14)7-5-9/h4-7H,3H2,1-2H3. The first-order valence-corrected chi connectivity index (χ1v) is 5.52. The quantitative estimate of drug-likeness (QED) is 0.785. The number of hydrogen-bond donors (Lipinski definition) is 0. The van der Waals surface area contributed by atoms with Crippen LogP contribution < -0.4 is 0 Å². The van der Waals surface area contributed by atoms with Crippen molar-refractivity contribution in [3.63, 3.8) is 0 Å². The number of ether oxygens (including phenoxy) is 1. The average Bonchev–Trinajstić information content (AvgIpc) is 2.72. The van der Waals surface area contributed by atoms with Crippen molar-refractivity contribution in [1.82, 2.24) is 4.98 Å². The van der Waals surface area contributed by atoms with E-state index in [1.54, 1.807) is 13.8 Å². The summed E-state index contributed by atoms with van der Waals surface area (Å²) in [6.45, 7) is 3.64. The molecular weight excluding hydrogens is 237 g/mol. The van der Waals surface area contributed by atoms with E-state index < -0.39 is 5.97 Å². The summed E-state index contributed by atoms with van der Waals surface area (Å²) >= 11 is 0. The van der Waals surface area contributed by atoms with E-state index in [0.717, 1.165) is 0 Å². The molecule has 18 heavy (non-hydrogen) atoms. The number of oxazole rings is 1. The number of halogens is 1. The van der Waals surface area contributed by atoms with Crippen LogP contribution in [0.15, 0.2) is 28.7 Å². The Hall–Kier alpha value is -2.17. The van der Waals surface area contributed by atoms with Gasteiger partial charge in [0.1, 0.15) is 5.82 Å². The van der Waals surface area contributed by atoms with E-state index in [9.17, 15) is 9.18 Å². The van der Waals surface area contributed by atoms with E-state index in [0.29, 0.717) is 11.3 Å². The van der Waals surface area contributed by atoms with Gasteiger partial charge in [0.2, 0.25) is 11.7 Å². The summed E-state index contributed by atoms with van der Waals surface area (Å²) in [5.74, 6) is -0.532. The molecule has 1 aromatic heterocycles. The third-order valence-corrected chi connectivity index (χ3v) is 2.35. The van der Waals surface area contributed by atoms with Crippen molar-refractivity contribution in [3.05, 3.63) is 41.5 Å². The molecule has 0 aliphatic heterocycles. The highest BCUT2D eigenvalue weighted by Gasteiger charge is 2.19. The second kappa shape index (κ2) is 5.00. The van der Waals surface area contributed by atoms with Gasteiger partial charge in [-0.2, -0.15) is 0 Å². The zero-order valence-corrected chi connectivity index (χ0v) is 10.1. The van der Waals surface area contributed by atoms with Crippen molar-refractivity contribution in [2.24, 2.45) is 0 Å². The van der Waals surface area contributed by atoms with Crippen LogP contribution in [0.5, 0.6) is 0 Å². The van der Waals surface area contributed by atoms with Gasteiger partial charge in [-0.25, -0.2) is 14.2 Å². The van der Waals surface area contributed by atoms with Crippen molar-refractivity contribution >= 4 is 5.97 Å². The van der Waals surface area contributed by atoms with Gasteiger partial charge in [0.15, 0.2) is 0 Å². The first-order valence-electron chi connectivity index (χ1n) is 5.52. The average molecular weight is 249 g/mol. The molecule has 5 heteroatoms. The van der Waals surface area contributed by atoms with E-state index in [-0.39, 0.29) is 24.1 Å². The molecule has 0 aliphatic carbocycles. The molecule has 0 bridgehead atoms. The minimum atomic E-state index is -0.545. The Morgan fingerprint density at radius 3 is 2.67 bits per heavy atom. The largest absolute Gasteiger partial charge is 0.460 e. The van der Waals surface area contributed by atoms with E-state index in [1.165, 1.54) is 24.3 Å². The first kappa shape index (κ1) is 12.3. The van der Waals surface area contributed by atoms with Crippen LogP contribution in [0.3, 0.4) is 0 Å². The summed E-state index contributed by atoms with van der Waals surface area (Å²) in [5.41, 5.74) is 1.06. The molecule has 0 spiro atoms. The van der Waals surface area contributed by atoms with Crippen molar-refractivity contribution < 1.29 is 18.3 Å². The van der Waals surface area contributed by atoms with Crippen LogP contribution in [0.25, 0.3) is 11.5 Å². The van der Waals surface area contributed by atoms with E-state index in [4.69, 9.17) is 9.15 Å². The molecule has 1 aromatic carbocycles. The Morgan fingerprint density at radius 2 is 2.06 bits per heavy atom. The molecule has 0 fully saturated rings. The maximum Gasteiger partial charge on any atom is 0.376 e. The summed E-state index contributed by atoms with van der Waals surface area (Å²) in [4.78, 5) is 15.7. The Balaban J connectivity index is 2.34. The van der Waals surface area contributed by atoms with Gasteiger partial charge < -0.3 is 9.15 Å². The topological polar surface area (TPSA) is 52.3 Å². The SMILES string of the molecule is CCOC(=O)c1oc(-c2ccc(F)cc2)nc1C. The summed E-state index contributed by atoms with van der Waals surface area (Å²) in [6, 6.07) is 5.68. The van der Waals surface area contributed by atoms with Crippen LogP contribution in [0.1, 0.15) is 23.2 Å². The molecule has 0 aliphatic rings. The zero-order valence-electron chi connectivity index (χ0n) is 10.1. The summed E-state index contributed by atoms with van der Waals surface area (Å²) < 4.78 is 23.0. The fourth-order valence-electron chi connectivity index (χ4n) is 1.50. The fourth-order valence-corrected chi connectivity index (χ4v) is 1.50. The number of esters is 1. The van der Waals surface area contributed by atoms with Crippen LogP contribution in [-0.4, -0.2) is 17.6 Å². The van der Waals surface area contributed by atoms with Crippen LogP contribution >= 0.6 is 0 Å². The number of nitrogens with zero attached hydrogens (tertiary/aromatic N) is 1. The smallest absolute Gasteiger partial charge is 0.376 e. The van der Waals surface area contributed by atoms with Crippen molar-refractivity contribution in [3.8, 4) is 11.5 Å². The molecule has 0 N–H and O–H groups in total. The second-order valence-corrected chi connectivity index (χ2v) is 3.66. The predicted octanol–water partition coefficient (Wildman–Crippen LogP) is 2.97. The minimum Gasteiger partial charge on any atom is -0.460 e. The Kier molecular flexibility index (Phi) is 3.41. The van der Waals surface area contributed by atoms with Gasteiger partial charge in [0, 0.05) is 5.56 Å². The monoisotopic (exact) mass is 249 g/mol. The first-order chi connectivity index (χ1) is 8.61.